The Balaban J connectivity index is 2.78. The minimum Gasteiger partial charge on any atom is -0.481 e. The second-order valence-electron chi connectivity index (χ2n) is 5.57. The number of aliphatic carboxylic acids is 1. The molecule has 122 valence electrons. The summed E-state index contributed by atoms with van der Waals surface area (Å²) in [6.07, 6.45) is 1.87. The zero-order chi connectivity index (χ0) is 15.8. The van der Waals surface area contributed by atoms with E-state index in [0.29, 0.717) is 19.1 Å². The lowest BCUT2D eigenvalue weighted by molar-refractivity contribution is -0.142. The summed E-state index contributed by atoms with van der Waals surface area (Å²) in [7, 11) is 1.70. The van der Waals surface area contributed by atoms with Crippen molar-refractivity contribution in [1.29, 1.82) is 0 Å². The largest absolute Gasteiger partial charge is 0.481 e. The number of carbonyl (C=O) groups excluding carboxylic acids is 1. The summed E-state index contributed by atoms with van der Waals surface area (Å²) in [6.45, 7) is 7.30. The molecule has 0 bridgehead atoms. The Morgan fingerprint density at radius 3 is 2.29 bits per heavy atom. The van der Waals surface area contributed by atoms with Gasteiger partial charge in [-0.2, -0.15) is 0 Å². The first-order valence-corrected chi connectivity index (χ1v) is 7.79. The summed E-state index contributed by atoms with van der Waals surface area (Å²) in [5.74, 6) is -0.546. The molecule has 1 atom stereocenters. The van der Waals surface area contributed by atoms with E-state index in [4.69, 9.17) is 9.84 Å². The van der Waals surface area contributed by atoms with Crippen molar-refractivity contribution in [3.05, 3.63) is 0 Å². The Labute approximate surface area is 127 Å². The van der Waals surface area contributed by atoms with E-state index in [9.17, 15) is 9.59 Å². The minimum atomic E-state index is -0.875. The molecule has 6 heteroatoms. The summed E-state index contributed by atoms with van der Waals surface area (Å²) >= 11 is 0. The number of amides is 1. The van der Waals surface area contributed by atoms with Gasteiger partial charge in [-0.15, -0.1) is 0 Å². The lowest BCUT2D eigenvalue weighted by atomic mass is 9.91. The number of carbonyl (C=O) groups is 2. The molecule has 6 nitrogen and oxygen atoms in total. The fourth-order valence-corrected chi connectivity index (χ4v) is 2.85. The van der Waals surface area contributed by atoms with Crippen LogP contribution in [0.4, 0.5) is 0 Å². The second-order valence-corrected chi connectivity index (χ2v) is 5.57. The highest BCUT2D eigenvalue weighted by Gasteiger charge is 2.34. The zero-order valence-corrected chi connectivity index (χ0v) is 13.4. The van der Waals surface area contributed by atoms with Crippen LogP contribution in [0.25, 0.3) is 0 Å². The zero-order valence-electron chi connectivity index (χ0n) is 13.4. The van der Waals surface area contributed by atoms with Gasteiger partial charge in [0.1, 0.15) is 0 Å². The summed E-state index contributed by atoms with van der Waals surface area (Å²) in [4.78, 5) is 27.2. The van der Waals surface area contributed by atoms with Crippen LogP contribution >= 0.6 is 0 Å². The quantitative estimate of drug-likeness (QED) is 0.726. The molecule has 0 aromatic heterocycles. The molecule has 1 heterocycles. The smallest absolute Gasteiger partial charge is 0.305 e. The van der Waals surface area contributed by atoms with Gasteiger partial charge in [0.2, 0.25) is 5.91 Å². The summed E-state index contributed by atoms with van der Waals surface area (Å²) in [6, 6.07) is -0.164. The third kappa shape index (κ3) is 5.28. The number of morpholine rings is 1. The standard InChI is InChI=1S/C15H28N2O4/c1-4-12(5-2)14(17-8-10-21-11-9-17)15(20)16(3)7-6-13(18)19/h12,14H,4-11H2,1-3H3,(H,18,19). The number of nitrogens with zero attached hydrogens (tertiary/aromatic N) is 2. The van der Waals surface area contributed by atoms with Gasteiger partial charge in [-0.3, -0.25) is 14.5 Å². The van der Waals surface area contributed by atoms with E-state index in [-0.39, 0.29) is 24.9 Å². The van der Waals surface area contributed by atoms with Crippen LogP contribution in [0.5, 0.6) is 0 Å². The Kier molecular flexibility index (Phi) is 7.67. The van der Waals surface area contributed by atoms with Gasteiger partial charge in [0, 0.05) is 26.7 Å². The van der Waals surface area contributed by atoms with Gasteiger partial charge >= 0.3 is 5.97 Å². The van der Waals surface area contributed by atoms with Gasteiger partial charge in [-0.1, -0.05) is 26.7 Å². The molecule has 0 aromatic rings. The van der Waals surface area contributed by atoms with Crippen molar-refractivity contribution in [1.82, 2.24) is 9.80 Å². The van der Waals surface area contributed by atoms with Gasteiger partial charge in [-0.25, -0.2) is 0 Å². The van der Waals surface area contributed by atoms with Crippen molar-refractivity contribution >= 4 is 11.9 Å². The molecule has 0 aromatic carbocycles. The van der Waals surface area contributed by atoms with Gasteiger partial charge in [0.25, 0.3) is 0 Å². The average molecular weight is 300 g/mol. The number of ether oxygens (including phenoxy) is 1. The fourth-order valence-electron chi connectivity index (χ4n) is 2.85. The predicted octanol–water partition coefficient (Wildman–Crippen LogP) is 1.06. The monoisotopic (exact) mass is 300 g/mol. The maximum Gasteiger partial charge on any atom is 0.305 e. The van der Waals surface area contributed by atoms with Crippen molar-refractivity contribution < 1.29 is 19.4 Å². The average Bonchev–Trinajstić information content (AvgIpc) is 2.50. The number of hydrogen-bond donors (Lipinski definition) is 1. The molecule has 0 radical (unpaired) electrons. The molecule has 1 amide bonds. The SMILES string of the molecule is CCC(CC)C(C(=O)N(C)CCC(=O)O)N1CCOCC1. The predicted molar refractivity (Wildman–Crippen MR) is 80.1 cm³/mol. The minimum absolute atomic E-state index is 0.0129. The van der Waals surface area contributed by atoms with Crippen LogP contribution < -0.4 is 0 Å². The van der Waals surface area contributed by atoms with Crippen LogP contribution in [0, 0.1) is 5.92 Å². The number of likely N-dealkylation sites (N-methyl/N-ethyl adjacent to an activating group) is 1. The molecule has 1 rings (SSSR count). The summed E-state index contributed by atoms with van der Waals surface area (Å²) in [5, 5.41) is 8.77. The fraction of sp³-hybridized carbons (Fsp3) is 0.867. The van der Waals surface area contributed by atoms with Crippen molar-refractivity contribution in [2.75, 3.05) is 39.9 Å². The third-order valence-corrected chi connectivity index (χ3v) is 4.22. The second kappa shape index (κ2) is 9.00. The highest BCUT2D eigenvalue weighted by atomic mass is 16.5. The van der Waals surface area contributed by atoms with Gasteiger partial charge in [0.15, 0.2) is 0 Å². The van der Waals surface area contributed by atoms with Gasteiger partial charge in [0.05, 0.1) is 25.7 Å². The molecule has 0 aliphatic carbocycles. The highest BCUT2D eigenvalue weighted by molar-refractivity contribution is 5.82. The molecule has 1 unspecified atom stereocenters. The third-order valence-electron chi connectivity index (χ3n) is 4.22. The summed E-state index contributed by atoms with van der Waals surface area (Å²) in [5.41, 5.74) is 0. The molecule has 1 saturated heterocycles. The Hall–Kier alpha value is -1.14. The maximum absolute atomic E-state index is 12.8. The molecule has 0 saturated carbocycles. The molecular formula is C15H28N2O4. The topological polar surface area (TPSA) is 70.1 Å². The number of hydrogen-bond acceptors (Lipinski definition) is 4. The number of carboxylic acid groups (broad SMARTS) is 1. The van der Waals surface area contributed by atoms with Crippen molar-refractivity contribution in [3.8, 4) is 0 Å². The van der Waals surface area contributed by atoms with Crippen LogP contribution in [-0.4, -0.2) is 72.7 Å². The van der Waals surface area contributed by atoms with Crippen LogP contribution in [-0.2, 0) is 14.3 Å². The van der Waals surface area contributed by atoms with Crippen molar-refractivity contribution in [3.63, 3.8) is 0 Å². The van der Waals surface area contributed by atoms with E-state index in [2.05, 4.69) is 18.7 Å². The molecule has 1 N–H and O–H groups in total. The first-order valence-electron chi connectivity index (χ1n) is 7.79. The summed E-state index contributed by atoms with van der Waals surface area (Å²) < 4.78 is 5.37. The van der Waals surface area contributed by atoms with Crippen LogP contribution in [0.2, 0.25) is 0 Å². The molecular weight excluding hydrogens is 272 g/mol. The number of carboxylic acids is 1. The maximum atomic E-state index is 12.8. The Morgan fingerprint density at radius 1 is 1.24 bits per heavy atom. The number of rotatable bonds is 8. The van der Waals surface area contributed by atoms with Crippen molar-refractivity contribution in [2.24, 2.45) is 5.92 Å². The van der Waals surface area contributed by atoms with E-state index < -0.39 is 5.97 Å². The first-order chi connectivity index (χ1) is 10.0. The van der Waals surface area contributed by atoms with Gasteiger partial charge in [-0.05, 0) is 5.92 Å². The molecule has 1 fully saturated rings. The first kappa shape index (κ1) is 17.9. The molecule has 1 aliphatic rings. The van der Waals surface area contributed by atoms with E-state index in [1.165, 1.54) is 0 Å². The normalized spacial score (nSPS) is 17.7. The van der Waals surface area contributed by atoms with E-state index in [1.807, 2.05) is 0 Å². The van der Waals surface area contributed by atoms with E-state index in [1.54, 1.807) is 11.9 Å². The molecule has 0 spiro atoms. The van der Waals surface area contributed by atoms with Crippen LogP contribution in [0.3, 0.4) is 0 Å². The van der Waals surface area contributed by atoms with Crippen LogP contribution in [0.15, 0.2) is 0 Å². The van der Waals surface area contributed by atoms with Crippen LogP contribution in [0.1, 0.15) is 33.1 Å². The molecule has 1 aliphatic heterocycles. The van der Waals surface area contributed by atoms with E-state index in [0.717, 1.165) is 25.9 Å². The Morgan fingerprint density at radius 2 is 1.81 bits per heavy atom. The lowest BCUT2D eigenvalue weighted by Gasteiger charge is -2.39. The van der Waals surface area contributed by atoms with Crippen molar-refractivity contribution in [2.45, 2.75) is 39.2 Å². The molecule has 21 heavy (non-hydrogen) atoms. The lowest BCUT2D eigenvalue weighted by Crippen LogP contribution is -2.54. The van der Waals surface area contributed by atoms with E-state index >= 15 is 0 Å². The highest BCUT2D eigenvalue weighted by Crippen LogP contribution is 2.22. The van der Waals surface area contributed by atoms with Gasteiger partial charge < -0.3 is 14.7 Å². The Bertz CT molecular complexity index is 339.